The van der Waals surface area contributed by atoms with Crippen molar-refractivity contribution in [2.75, 3.05) is 20.1 Å². The van der Waals surface area contributed by atoms with Gasteiger partial charge in [-0.25, -0.2) is 0 Å². The Balaban J connectivity index is 2.23. The van der Waals surface area contributed by atoms with Gasteiger partial charge in [-0.3, -0.25) is 4.79 Å². The Hall–Kier alpha value is -0.570. The summed E-state index contributed by atoms with van der Waals surface area (Å²) in [6, 6.07) is 7.71. The Morgan fingerprint density at radius 3 is 2.59 bits per heavy atom. The zero-order valence-corrected chi connectivity index (χ0v) is 11.2. The molecule has 0 bridgehead atoms. The van der Waals surface area contributed by atoms with Crippen LogP contribution in [0, 0.1) is 5.92 Å². The van der Waals surface area contributed by atoms with Crippen LogP contribution in [0.5, 0.6) is 0 Å². The Labute approximate surface area is 112 Å². The van der Waals surface area contributed by atoms with Crippen molar-refractivity contribution in [2.45, 2.75) is 12.3 Å². The van der Waals surface area contributed by atoms with Gasteiger partial charge in [0.2, 0.25) is 5.24 Å². The molecule has 0 saturated carbocycles. The number of hydrogen-bond donors (Lipinski definition) is 0. The van der Waals surface area contributed by atoms with Gasteiger partial charge >= 0.3 is 0 Å². The fourth-order valence-electron chi connectivity index (χ4n) is 2.45. The summed E-state index contributed by atoms with van der Waals surface area (Å²) in [5, 5.41) is 0.479. The van der Waals surface area contributed by atoms with Crippen molar-refractivity contribution < 1.29 is 4.79 Å². The minimum Gasteiger partial charge on any atom is -0.306 e. The van der Waals surface area contributed by atoms with Gasteiger partial charge in [0.05, 0.1) is 5.92 Å². The lowest BCUT2D eigenvalue weighted by molar-refractivity contribution is -0.117. The standard InChI is InChI=1S/C13H15Cl2NO/c1-16-7-6-11(12(8-16)13(15)17)9-2-4-10(14)5-3-9/h2-5,11-12H,6-8H2,1H3/t11-,12+/m0/s1. The Kier molecular flexibility index (Phi) is 4.08. The molecule has 2 atom stereocenters. The largest absolute Gasteiger partial charge is 0.306 e. The van der Waals surface area contributed by atoms with Gasteiger partial charge in [0, 0.05) is 11.6 Å². The van der Waals surface area contributed by atoms with Gasteiger partial charge in [0.25, 0.3) is 0 Å². The molecular weight excluding hydrogens is 257 g/mol. The van der Waals surface area contributed by atoms with Crippen molar-refractivity contribution >= 4 is 28.4 Å². The van der Waals surface area contributed by atoms with Crippen molar-refractivity contribution in [1.82, 2.24) is 4.90 Å². The molecule has 0 N–H and O–H groups in total. The summed E-state index contributed by atoms with van der Waals surface area (Å²) in [7, 11) is 2.02. The smallest absolute Gasteiger partial charge is 0.226 e. The van der Waals surface area contributed by atoms with Crippen molar-refractivity contribution in [2.24, 2.45) is 5.92 Å². The molecule has 17 heavy (non-hydrogen) atoms. The maximum absolute atomic E-state index is 11.5. The van der Waals surface area contributed by atoms with E-state index in [4.69, 9.17) is 23.2 Å². The highest BCUT2D eigenvalue weighted by atomic mass is 35.5. The quantitative estimate of drug-likeness (QED) is 0.771. The van der Waals surface area contributed by atoms with Crippen LogP contribution in [0.25, 0.3) is 0 Å². The molecule has 1 heterocycles. The number of halogens is 2. The lowest BCUT2D eigenvalue weighted by Crippen LogP contribution is -2.39. The highest BCUT2D eigenvalue weighted by Crippen LogP contribution is 2.34. The third-order valence-electron chi connectivity index (χ3n) is 3.41. The van der Waals surface area contributed by atoms with Crippen LogP contribution < -0.4 is 0 Å². The van der Waals surface area contributed by atoms with Gasteiger partial charge in [-0.2, -0.15) is 0 Å². The third-order valence-corrected chi connectivity index (χ3v) is 3.94. The molecule has 0 amide bonds. The van der Waals surface area contributed by atoms with Gasteiger partial charge in [0.1, 0.15) is 0 Å². The molecule has 4 heteroatoms. The van der Waals surface area contributed by atoms with Gasteiger partial charge in [0.15, 0.2) is 0 Å². The first-order valence-corrected chi connectivity index (χ1v) is 6.47. The second-order valence-electron chi connectivity index (χ2n) is 4.62. The maximum Gasteiger partial charge on any atom is 0.226 e. The van der Waals surface area contributed by atoms with Gasteiger partial charge in [-0.05, 0) is 55.2 Å². The fourth-order valence-corrected chi connectivity index (χ4v) is 2.80. The van der Waals surface area contributed by atoms with E-state index >= 15 is 0 Å². The first-order valence-electron chi connectivity index (χ1n) is 5.71. The summed E-state index contributed by atoms with van der Waals surface area (Å²) in [5.74, 6) is 0.102. The second-order valence-corrected chi connectivity index (χ2v) is 5.43. The van der Waals surface area contributed by atoms with E-state index in [1.165, 1.54) is 0 Å². The summed E-state index contributed by atoms with van der Waals surface area (Å²) >= 11 is 11.6. The molecular formula is C13H15Cl2NO. The fraction of sp³-hybridized carbons (Fsp3) is 0.462. The zero-order valence-electron chi connectivity index (χ0n) is 9.70. The number of likely N-dealkylation sites (tertiary alicyclic amines) is 1. The molecule has 0 aromatic heterocycles. The number of nitrogens with zero attached hydrogens (tertiary/aromatic N) is 1. The molecule has 1 aliphatic rings. The van der Waals surface area contributed by atoms with E-state index < -0.39 is 0 Å². The van der Waals surface area contributed by atoms with E-state index in [1.807, 2.05) is 31.3 Å². The maximum atomic E-state index is 11.5. The minimum atomic E-state index is -0.239. The topological polar surface area (TPSA) is 20.3 Å². The summed E-state index contributed by atoms with van der Waals surface area (Å²) < 4.78 is 0. The Bertz CT molecular complexity index is 404. The third kappa shape index (κ3) is 3.01. The van der Waals surface area contributed by atoms with Crippen molar-refractivity contribution in [3.05, 3.63) is 34.9 Å². The highest BCUT2D eigenvalue weighted by Gasteiger charge is 2.33. The number of carbonyl (C=O) groups is 1. The van der Waals surface area contributed by atoms with Crippen LogP contribution in [-0.2, 0) is 4.79 Å². The predicted octanol–water partition coefficient (Wildman–Crippen LogP) is 3.14. The summed E-state index contributed by atoms with van der Waals surface area (Å²) in [5.41, 5.74) is 1.15. The van der Waals surface area contributed by atoms with Crippen LogP contribution in [0.4, 0.5) is 0 Å². The van der Waals surface area contributed by atoms with Crippen molar-refractivity contribution in [3.63, 3.8) is 0 Å². The molecule has 1 aromatic carbocycles. The normalized spacial score (nSPS) is 25.8. The van der Waals surface area contributed by atoms with E-state index in [1.54, 1.807) is 0 Å². The molecule has 92 valence electrons. The molecule has 1 aliphatic heterocycles. The lowest BCUT2D eigenvalue weighted by atomic mass is 9.81. The molecule has 2 nitrogen and oxygen atoms in total. The molecule has 2 rings (SSSR count). The van der Waals surface area contributed by atoms with Crippen LogP contribution in [0.15, 0.2) is 24.3 Å². The molecule has 1 fully saturated rings. The summed E-state index contributed by atoms with van der Waals surface area (Å²) in [6.07, 6.45) is 0.960. The van der Waals surface area contributed by atoms with Crippen LogP contribution in [0.2, 0.25) is 5.02 Å². The van der Waals surface area contributed by atoms with E-state index in [2.05, 4.69) is 4.90 Å². The van der Waals surface area contributed by atoms with E-state index in [-0.39, 0.29) is 17.1 Å². The van der Waals surface area contributed by atoms with Crippen molar-refractivity contribution in [3.8, 4) is 0 Å². The predicted molar refractivity (Wildman–Crippen MR) is 70.7 cm³/mol. The molecule has 0 spiro atoms. The van der Waals surface area contributed by atoms with Gasteiger partial charge < -0.3 is 4.90 Å². The first-order chi connectivity index (χ1) is 8.08. The Morgan fingerprint density at radius 2 is 2.00 bits per heavy atom. The van der Waals surface area contributed by atoms with E-state index in [0.717, 1.165) is 30.1 Å². The number of benzene rings is 1. The first kappa shape index (κ1) is 12.9. The van der Waals surface area contributed by atoms with Gasteiger partial charge in [-0.1, -0.05) is 23.7 Å². The average molecular weight is 272 g/mol. The molecule has 0 aliphatic carbocycles. The second kappa shape index (κ2) is 5.38. The van der Waals surface area contributed by atoms with Crippen LogP contribution in [0.1, 0.15) is 17.9 Å². The monoisotopic (exact) mass is 271 g/mol. The summed E-state index contributed by atoms with van der Waals surface area (Å²) in [4.78, 5) is 13.7. The summed E-state index contributed by atoms with van der Waals surface area (Å²) in [6.45, 7) is 1.73. The molecule has 1 saturated heterocycles. The number of carbonyl (C=O) groups excluding carboxylic acids is 1. The SMILES string of the molecule is CN1CC[C@@H](c2ccc(Cl)cc2)[C@H](C(=O)Cl)C1. The number of hydrogen-bond acceptors (Lipinski definition) is 2. The minimum absolute atomic E-state index is 0.114. The highest BCUT2D eigenvalue weighted by molar-refractivity contribution is 6.64. The zero-order chi connectivity index (χ0) is 12.4. The van der Waals surface area contributed by atoms with Crippen LogP contribution in [0.3, 0.4) is 0 Å². The number of piperidine rings is 1. The average Bonchev–Trinajstić information content (AvgIpc) is 2.30. The van der Waals surface area contributed by atoms with Gasteiger partial charge in [-0.15, -0.1) is 0 Å². The molecule has 1 aromatic rings. The Morgan fingerprint density at radius 1 is 1.35 bits per heavy atom. The van der Waals surface area contributed by atoms with Crippen LogP contribution >= 0.6 is 23.2 Å². The number of rotatable bonds is 2. The lowest BCUT2D eigenvalue weighted by Gasteiger charge is -2.35. The van der Waals surface area contributed by atoms with E-state index in [9.17, 15) is 4.79 Å². The molecule has 0 unspecified atom stereocenters. The van der Waals surface area contributed by atoms with Crippen LogP contribution in [-0.4, -0.2) is 30.3 Å². The molecule has 0 radical (unpaired) electrons. The van der Waals surface area contributed by atoms with E-state index in [0.29, 0.717) is 0 Å². The van der Waals surface area contributed by atoms with Crippen molar-refractivity contribution in [1.29, 1.82) is 0 Å².